The minimum absolute atomic E-state index is 0. The van der Waals surface area contributed by atoms with Gasteiger partial charge in [-0.3, -0.25) is 0 Å². The van der Waals surface area contributed by atoms with E-state index in [2.05, 4.69) is 28.9 Å². The average molecular weight is 555 g/mol. The minimum atomic E-state index is 0. The van der Waals surface area contributed by atoms with Crippen molar-refractivity contribution in [3.05, 3.63) is 0 Å². The molecule has 1 N–H and O–H groups in total. The lowest BCUT2D eigenvalue weighted by molar-refractivity contribution is 0.238. The van der Waals surface area contributed by atoms with Crippen molar-refractivity contribution < 1.29 is 0 Å². The highest BCUT2D eigenvalue weighted by molar-refractivity contribution is 14.0. The maximum absolute atomic E-state index is 3.43. The zero-order valence-electron chi connectivity index (χ0n) is 20.4. The van der Waals surface area contributed by atoms with E-state index in [1.807, 2.05) is 0 Å². The van der Waals surface area contributed by atoms with Crippen LogP contribution in [0.25, 0.3) is 0 Å². The molecule has 0 aromatic rings. The van der Waals surface area contributed by atoms with Gasteiger partial charge in [-0.1, -0.05) is 103 Å². The number of thioether (sulfide) groups is 1. The number of nitrogens with one attached hydrogen (secondary N) is 1. The van der Waals surface area contributed by atoms with E-state index in [1.165, 1.54) is 160 Å². The van der Waals surface area contributed by atoms with Crippen molar-refractivity contribution in [3.63, 3.8) is 0 Å². The number of piperazine rings is 1. The van der Waals surface area contributed by atoms with Crippen molar-refractivity contribution in [1.29, 1.82) is 0 Å². The molecule has 1 heterocycles. The molecule has 0 aliphatic carbocycles. The quantitative estimate of drug-likeness (QED) is 0.107. The summed E-state index contributed by atoms with van der Waals surface area (Å²) >= 11 is 2.20. The predicted molar refractivity (Wildman–Crippen MR) is 151 cm³/mol. The first-order chi connectivity index (χ1) is 14.4. The number of unbranched alkanes of at least 4 members (excludes halogenated alkanes) is 16. The highest BCUT2D eigenvalue weighted by Gasteiger charge is 2.07. The molecule has 0 aromatic carbocycles. The van der Waals surface area contributed by atoms with E-state index in [0.717, 1.165) is 0 Å². The summed E-state index contributed by atoms with van der Waals surface area (Å²) < 4.78 is 0. The zero-order valence-corrected chi connectivity index (χ0v) is 23.6. The van der Waals surface area contributed by atoms with Crippen LogP contribution in [0.15, 0.2) is 0 Å². The Bertz CT molecular complexity index is 311. The molecule has 1 saturated heterocycles. The van der Waals surface area contributed by atoms with Gasteiger partial charge in [0.1, 0.15) is 0 Å². The fraction of sp³-hybridized carbons (Fsp3) is 1.00. The Hall–Kier alpha value is 1.00. The molecule has 0 radical (unpaired) electrons. The first-order valence-electron chi connectivity index (χ1n) is 13.4. The Labute approximate surface area is 211 Å². The van der Waals surface area contributed by atoms with Crippen LogP contribution in [-0.2, 0) is 0 Å². The van der Waals surface area contributed by atoms with Crippen LogP contribution in [0.1, 0.15) is 122 Å². The van der Waals surface area contributed by atoms with E-state index in [1.54, 1.807) is 0 Å². The summed E-state index contributed by atoms with van der Waals surface area (Å²) in [5.41, 5.74) is 0. The summed E-state index contributed by atoms with van der Waals surface area (Å²) in [6, 6.07) is 0. The first-order valence-corrected chi connectivity index (χ1v) is 14.6. The number of hydrogen-bond donors (Lipinski definition) is 1. The molecule has 0 unspecified atom stereocenters. The maximum Gasteiger partial charge on any atom is 0.0107 e. The van der Waals surface area contributed by atoms with Crippen molar-refractivity contribution in [2.45, 2.75) is 122 Å². The highest BCUT2D eigenvalue weighted by Crippen LogP contribution is 2.15. The first kappa shape index (κ1) is 31.0. The second-order valence-corrected chi connectivity index (χ2v) is 10.4. The molecular formula is C26H55IN2S. The van der Waals surface area contributed by atoms with Crippen molar-refractivity contribution in [1.82, 2.24) is 10.2 Å². The van der Waals surface area contributed by atoms with Crippen LogP contribution in [0.3, 0.4) is 0 Å². The largest absolute Gasteiger partial charge is 0.314 e. The molecule has 4 heteroatoms. The summed E-state index contributed by atoms with van der Waals surface area (Å²) in [6.45, 7) is 8.51. The standard InChI is InChI=1S/C26H54N2S.HI/c1-2-3-4-5-6-7-8-9-10-11-12-13-14-15-16-18-25-29-26-19-17-22-28-23-20-27-21-24-28;/h27H,2-26H2,1H3;1H. The van der Waals surface area contributed by atoms with Gasteiger partial charge in [-0.25, -0.2) is 0 Å². The number of hydrogen-bond acceptors (Lipinski definition) is 3. The van der Waals surface area contributed by atoms with Gasteiger partial charge in [0.05, 0.1) is 0 Å². The third kappa shape index (κ3) is 22.2. The van der Waals surface area contributed by atoms with Crippen LogP contribution in [0.4, 0.5) is 0 Å². The fourth-order valence-electron chi connectivity index (χ4n) is 4.33. The lowest BCUT2D eigenvalue weighted by Gasteiger charge is -2.26. The van der Waals surface area contributed by atoms with Crippen LogP contribution < -0.4 is 5.32 Å². The second-order valence-electron chi connectivity index (χ2n) is 9.21. The monoisotopic (exact) mass is 554 g/mol. The minimum Gasteiger partial charge on any atom is -0.314 e. The zero-order chi connectivity index (χ0) is 20.7. The molecule has 1 aliphatic heterocycles. The van der Waals surface area contributed by atoms with Gasteiger partial charge < -0.3 is 10.2 Å². The van der Waals surface area contributed by atoms with Crippen LogP contribution in [0, 0.1) is 0 Å². The molecule has 0 spiro atoms. The summed E-state index contributed by atoms with van der Waals surface area (Å²) in [5.74, 6) is 2.77. The van der Waals surface area contributed by atoms with E-state index < -0.39 is 0 Å². The van der Waals surface area contributed by atoms with Gasteiger partial charge in [0.2, 0.25) is 0 Å². The molecule has 182 valence electrons. The molecule has 0 bridgehead atoms. The molecule has 0 saturated carbocycles. The molecular weight excluding hydrogens is 499 g/mol. The van der Waals surface area contributed by atoms with Crippen molar-refractivity contribution in [3.8, 4) is 0 Å². The lowest BCUT2D eigenvalue weighted by atomic mass is 10.0. The number of halogens is 1. The van der Waals surface area contributed by atoms with Crippen LogP contribution in [-0.4, -0.2) is 49.1 Å². The van der Waals surface area contributed by atoms with Crippen molar-refractivity contribution in [2.24, 2.45) is 0 Å². The van der Waals surface area contributed by atoms with Crippen LogP contribution in [0.5, 0.6) is 0 Å². The number of nitrogens with zero attached hydrogens (tertiary/aromatic N) is 1. The molecule has 2 nitrogen and oxygen atoms in total. The average Bonchev–Trinajstić information content (AvgIpc) is 2.75. The number of rotatable bonds is 22. The third-order valence-corrected chi connectivity index (χ3v) is 7.52. The Morgan fingerprint density at radius 3 is 1.43 bits per heavy atom. The summed E-state index contributed by atoms with van der Waals surface area (Å²) in [4.78, 5) is 2.62. The molecule has 0 atom stereocenters. The Morgan fingerprint density at radius 2 is 0.967 bits per heavy atom. The third-order valence-electron chi connectivity index (χ3n) is 6.36. The molecule has 1 fully saturated rings. The van der Waals surface area contributed by atoms with Gasteiger partial charge in [0.15, 0.2) is 0 Å². The lowest BCUT2D eigenvalue weighted by Crippen LogP contribution is -2.43. The molecule has 0 aromatic heterocycles. The normalized spacial score (nSPS) is 14.7. The van der Waals surface area contributed by atoms with Gasteiger partial charge >= 0.3 is 0 Å². The van der Waals surface area contributed by atoms with E-state index >= 15 is 0 Å². The van der Waals surface area contributed by atoms with Crippen LogP contribution >= 0.6 is 35.7 Å². The topological polar surface area (TPSA) is 15.3 Å². The Balaban J connectivity index is 0.00000841. The van der Waals surface area contributed by atoms with Gasteiger partial charge in [0.25, 0.3) is 0 Å². The molecule has 1 rings (SSSR count). The smallest absolute Gasteiger partial charge is 0.0107 e. The Morgan fingerprint density at radius 1 is 0.567 bits per heavy atom. The molecule has 30 heavy (non-hydrogen) atoms. The van der Waals surface area contributed by atoms with E-state index in [9.17, 15) is 0 Å². The predicted octanol–water partition coefficient (Wildman–Crippen LogP) is 8.28. The van der Waals surface area contributed by atoms with Crippen LogP contribution in [0.2, 0.25) is 0 Å². The molecule has 0 amide bonds. The summed E-state index contributed by atoms with van der Waals surface area (Å²) in [7, 11) is 0. The van der Waals surface area contributed by atoms with Gasteiger partial charge in [-0.05, 0) is 37.3 Å². The highest BCUT2D eigenvalue weighted by atomic mass is 127. The second kappa shape index (κ2) is 26.3. The Kier molecular flexibility index (Phi) is 27.1. The summed E-state index contributed by atoms with van der Waals surface area (Å²) in [6.07, 6.45) is 26.3. The van der Waals surface area contributed by atoms with E-state index in [-0.39, 0.29) is 24.0 Å². The van der Waals surface area contributed by atoms with Gasteiger partial charge in [-0.15, -0.1) is 24.0 Å². The van der Waals surface area contributed by atoms with Gasteiger partial charge in [0, 0.05) is 26.2 Å². The SMILES string of the molecule is CCCCCCCCCCCCCCCCCCSCCCCN1CCNCC1.I. The maximum atomic E-state index is 3.43. The van der Waals surface area contributed by atoms with Crippen molar-refractivity contribution in [2.75, 3.05) is 44.2 Å². The summed E-state index contributed by atoms with van der Waals surface area (Å²) in [5, 5.41) is 3.43. The molecule has 1 aliphatic rings. The van der Waals surface area contributed by atoms with Gasteiger partial charge in [-0.2, -0.15) is 11.8 Å². The fourth-order valence-corrected chi connectivity index (χ4v) is 5.35. The van der Waals surface area contributed by atoms with E-state index in [4.69, 9.17) is 0 Å². The van der Waals surface area contributed by atoms with Crippen molar-refractivity contribution >= 4 is 35.7 Å². The van der Waals surface area contributed by atoms with E-state index in [0.29, 0.717) is 0 Å².